The molecule has 4 heteroatoms. The van der Waals surface area contributed by atoms with Crippen molar-refractivity contribution in [2.45, 2.75) is 51.5 Å². The second kappa shape index (κ2) is 5.61. The lowest BCUT2D eigenvalue weighted by Crippen LogP contribution is -2.53. The first kappa shape index (κ1) is 15.7. The summed E-state index contributed by atoms with van der Waals surface area (Å²) in [5, 5.41) is 3.04. The molecule has 1 aliphatic heterocycles. The fraction of sp³-hybridized carbons (Fsp3) is 0.600. The normalized spacial score (nSPS) is 30.1. The zero-order valence-electron chi connectivity index (χ0n) is 14.5. The van der Waals surface area contributed by atoms with Gasteiger partial charge in [-0.25, -0.2) is 0 Å². The molecule has 3 aliphatic rings. The van der Waals surface area contributed by atoms with Crippen molar-refractivity contribution in [3.05, 3.63) is 35.4 Å². The van der Waals surface area contributed by atoms with Crippen LogP contribution in [0.3, 0.4) is 0 Å². The van der Waals surface area contributed by atoms with Crippen LogP contribution in [0.4, 0.5) is 0 Å². The van der Waals surface area contributed by atoms with Crippen molar-refractivity contribution in [1.82, 2.24) is 10.2 Å². The third-order valence-corrected chi connectivity index (χ3v) is 6.02. The Labute approximate surface area is 143 Å². The lowest BCUT2D eigenvalue weighted by molar-refractivity contribution is -0.136. The Hall–Kier alpha value is -1.84. The summed E-state index contributed by atoms with van der Waals surface area (Å²) in [6.45, 7) is 5.26. The molecule has 128 valence electrons. The highest BCUT2D eigenvalue weighted by molar-refractivity contribution is 5.83. The molecule has 1 unspecified atom stereocenters. The van der Waals surface area contributed by atoms with Gasteiger partial charge in [-0.2, -0.15) is 0 Å². The highest BCUT2D eigenvalue weighted by Crippen LogP contribution is 2.54. The van der Waals surface area contributed by atoms with E-state index in [1.165, 1.54) is 24.0 Å². The van der Waals surface area contributed by atoms with E-state index in [0.717, 1.165) is 19.4 Å². The SMILES string of the molecule is CC(=O)NC1CN(C(=O)[C@@H]2C[C@H]2c2ccccc2C)CC2(CC2)C1. The predicted octanol–water partition coefficient (Wildman–Crippen LogP) is 2.62. The summed E-state index contributed by atoms with van der Waals surface area (Å²) >= 11 is 0. The number of hydrogen-bond donors (Lipinski definition) is 1. The lowest BCUT2D eigenvalue weighted by Gasteiger charge is -2.38. The third-order valence-electron chi connectivity index (χ3n) is 6.02. The number of nitrogens with zero attached hydrogens (tertiary/aromatic N) is 1. The van der Waals surface area contributed by atoms with Crippen LogP contribution >= 0.6 is 0 Å². The van der Waals surface area contributed by atoms with Crippen LogP contribution in [0.5, 0.6) is 0 Å². The number of nitrogens with one attached hydrogen (secondary N) is 1. The number of amides is 2. The molecule has 1 N–H and O–H groups in total. The van der Waals surface area contributed by atoms with Crippen LogP contribution in [0.15, 0.2) is 24.3 Å². The van der Waals surface area contributed by atoms with E-state index in [1.54, 1.807) is 6.92 Å². The molecule has 4 nitrogen and oxygen atoms in total. The number of carbonyl (C=O) groups excluding carboxylic acids is 2. The Bertz CT molecular complexity index is 680. The van der Waals surface area contributed by atoms with Gasteiger partial charge in [0.1, 0.15) is 0 Å². The standard InChI is InChI=1S/C20H26N2O2/c1-13-5-3-4-6-16(13)17-9-18(17)19(24)22-11-15(21-14(2)23)10-20(12-22)7-8-20/h3-6,15,17-18H,7-12H2,1-2H3,(H,21,23)/t15?,17-,18+/m0/s1. The van der Waals surface area contributed by atoms with Crippen LogP contribution in [-0.4, -0.2) is 35.8 Å². The Morgan fingerprint density at radius 3 is 2.67 bits per heavy atom. The smallest absolute Gasteiger partial charge is 0.226 e. The number of rotatable bonds is 3. The Morgan fingerprint density at radius 2 is 2.00 bits per heavy atom. The molecule has 24 heavy (non-hydrogen) atoms. The molecule has 2 aliphatic carbocycles. The molecule has 2 amide bonds. The average Bonchev–Trinajstić information content (AvgIpc) is 3.44. The number of likely N-dealkylation sites (tertiary alicyclic amines) is 1. The van der Waals surface area contributed by atoms with Gasteiger partial charge in [0.2, 0.25) is 11.8 Å². The van der Waals surface area contributed by atoms with Crippen molar-refractivity contribution in [3.63, 3.8) is 0 Å². The van der Waals surface area contributed by atoms with Crippen molar-refractivity contribution in [2.24, 2.45) is 11.3 Å². The fourth-order valence-corrected chi connectivity index (χ4v) is 4.53. The minimum absolute atomic E-state index is 0.00862. The number of aryl methyl sites for hydroxylation is 1. The largest absolute Gasteiger partial charge is 0.352 e. The Kier molecular flexibility index (Phi) is 3.66. The topological polar surface area (TPSA) is 49.4 Å². The lowest BCUT2D eigenvalue weighted by atomic mass is 9.90. The van der Waals surface area contributed by atoms with E-state index >= 15 is 0 Å². The molecule has 0 bridgehead atoms. The molecule has 4 rings (SSSR count). The van der Waals surface area contributed by atoms with Gasteiger partial charge in [-0.05, 0) is 55.1 Å². The molecular formula is C20H26N2O2. The summed E-state index contributed by atoms with van der Waals surface area (Å²) in [5.41, 5.74) is 2.90. The third kappa shape index (κ3) is 2.94. The van der Waals surface area contributed by atoms with Crippen LogP contribution in [0.1, 0.15) is 49.7 Å². The van der Waals surface area contributed by atoms with E-state index in [1.807, 2.05) is 4.90 Å². The van der Waals surface area contributed by atoms with Gasteiger partial charge in [-0.1, -0.05) is 24.3 Å². The van der Waals surface area contributed by atoms with Gasteiger partial charge in [-0.3, -0.25) is 9.59 Å². The highest BCUT2D eigenvalue weighted by atomic mass is 16.2. The second-order valence-electron chi connectivity index (χ2n) is 8.13. The molecule has 0 aromatic heterocycles. The molecular weight excluding hydrogens is 300 g/mol. The van der Waals surface area contributed by atoms with E-state index in [0.29, 0.717) is 18.4 Å². The van der Waals surface area contributed by atoms with Crippen LogP contribution in [0.2, 0.25) is 0 Å². The number of carbonyl (C=O) groups is 2. The summed E-state index contributed by atoms with van der Waals surface area (Å²) in [5.74, 6) is 0.826. The quantitative estimate of drug-likeness (QED) is 0.928. The zero-order valence-corrected chi connectivity index (χ0v) is 14.5. The predicted molar refractivity (Wildman–Crippen MR) is 92.5 cm³/mol. The molecule has 1 saturated heterocycles. The van der Waals surface area contributed by atoms with Gasteiger partial charge in [-0.15, -0.1) is 0 Å². The molecule has 3 atom stereocenters. The first-order chi connectivity index (χ1) is 11.5. The van der Waals surface area contributed by atoms with Crippen molar-refractivity contribution >= 4 is 11.8 Å². The first-order valence-corrected chi connectivity index (χ1v) is 9.09. The zero-order chi connectivity index (χ0) is 16.9. The first-order valence-electron chi connectivity index (χ1n) is 9.09. The maximum Gasteiger partial charge on any atom is 0.226 e. The Morgan fingerprint density at radius 1 is 1.25 bits per heavy atom. The maximum atomic E-state index is 13.0. The average molecular weight is 326 g/mol. The summed E-state index contributed by atoms with van der Waals surface area (Å²) in [6.07, 6.45) is 4.39. The maximum absolute atomic E-state index is 13.0. The summed E-state index contributed by atoms with van der Waals surface area (Å²) < 4.78 is 0. The minimum Gasteiger partial charge on any atom is -0.352 e. The van der Waals surface area contributed by atoms with Crippen LogP contribution in [-0.2, 0) is 9.59 Å². The number of hydrogen-bond acceptors (Lipinski definition) is 2. The fourth-order valence-electron chi connectivity index (χ4n) is 4.53. The van der Waals surface area contributed by atoms with Crippen molar-refractivity contribution in [3.8, 4) is 0 Å². The van der Waals surface area contributed by atoms with Gasteiger partial charge in [0.15, 0.2) is 0 Å². The summed E-state index contributed by atoms with van der Waals surface area (Å²) in [7, 11) is 0. The molecule has 0 radical (unpaired) electrons. The summed E-state index contributed by atoms with van der Waals surface area (Å²) in [6, 6.07) is 8.53. The van der Waals surface area contributed by atoms with Gasteiger partial charge in [0, 0.05) is 32.0 Å². The van der Waals surface area contributed by atoms with E-state index in [2.05, 4.69) is 36.5 Å². The van der Waals surface area contributed by atoms with Crippen LogP contribution in [0.25, 0.3) is 0 Å². The van der Waals surface area contributed by atoms with Crippen molar-refractivity contribution in [1.29, 1.82) is 0 Å². The second-order valence-corrected chi connectivity index (χ2v) is 8.13. The van der Waals surface area contributed by atoms with E-state index < -0.39 is 0 Å². The van der Waals surface area contributed by atoms with E-state index in [9.17, 15) is 9.59 Å². The van der Waals surface area contributed by atoms with Gasteiger partial charge >= 0.3 is 0 Å². The molecule has 2 saturated carbocycles. The number of piperidine rings is 1. The molecule has 3 fully saturated rings. The van der Waals surface area contributed by atoms with Crippen molar-refractivity contribution < 1.29 is 9.59 Å². The van der Waals surface area contributed by atoms with Gasteiger partial charge in [0.05, 0.1) is 0 Å². The molecule has 1 aromatic rings. The molecule has 1 heterocycles. The van der Waals surface area contributed by atoms with E-state index in [-0.39, 0.29) is 23.3 Å². The molecule has 1 aromatic carbocycles. The molecule has 1 spiro atoms. The van der Waals surface area contributed by atoms with E-state index in [4.69, 9.17) is 0 Å². The highest BCUT2D eigenvalue weighted by Gasteiger charge is 2.53. The number of benzene rings is 1. The Balaban J connectivity index is 1.45. The van der Waals surface area contributed by atoms with Crippen LogP contribution in [0, 0.1) is 18.3 Å². The van der Waals surface area contributed by atoms with Crippen LogP contribution < -0.4 is 5.32 Å². The minimum atomic E-state index is 0.00862. The monoisotopic (exact) mass is 326 g/mol. The summed E-state index contributed by atoms with van der Waals surface area (Å²) in [4.78, 5) is 26.5. The van der Waals surface area contributed by atoms with Gasteiger partial charge < -0.3 is 10.2 Å². The van der Waals surface area contributed by atoms with Gasteiger partial charge in [0.25, 0.3) is 0 Å². The van der Waals surface area contributed by atoms with Crippen molar-refractivity contribution in [2.75, 3.05) is 13.1 Å².